The number of rotatable bonds is 6. The van der Waals surface area contributed by atoms with Crippen molar-refractivity contribution in [3.8, 4) is 0 Å². The molecule has 7 heterocycles. The second-order valence-electron chi connectivity index (χ2n) is 10.8. The second kappa shape index (κ2) is 10.9. The van der Waals surface area contributed by atoms with Crippen molar-refractivity contribution in [2.45, 2.75) is 5.54 Å². The average Bonchev–Trinajstić information content (AvgIpc) is 3.93. The molecule has 0 amide bonds. The van der Waals surface area contributed by atoms with E-state index >= 15 is 0 Å². The van der Waals surface area contributed by atoms with Crippen molar-refractivity contribution >= 4 is 56.1 Å². The van der Waals surface area contributed by atoms with Crippen LogP contribution in [0.25, 0.3) is 32.9 Å². The van der Waals surface area contributed by atoms with Crippen LogP contribution in [-0.4, -0.2) is 44.7 Å². The SMILES string of the molecule is c1cnc(C2(c3ccn[nH]3)C(c3cccnn3)=C(c3nccc4ccccc34)N(c3ccc4ccccc4n3)N2c2ccsn2)nc1. The summed E-state index contributed by atoms with van der Waals surface area (Å²) in [4.78, 5) is 20.1. The summed E-state index contributed by atoms with van der Waals surface area (Å²) in [5.41, 5.74) is 3.01. The lowest BCUT2D eigenvalue weighted by molar-refractivity contribution is 0.562. The third-order valence-electron chi connectivity index (χ3n) is 8.28. The molecule has 0 fully saturated rings. The Balaban J connectivity index is 1.52. The average molecular weight is 630 g/mol. The zero-order chi connectivity index (χ0) is 31.2. The topological polar surface area (TPSA) is 125 Å². The van der Waals surface area contributed by atoms with Gasteiger partial charge in [-0.25, -0.2) is 25.0 Å². The number of H-pyrrole nitrogens is 1. The highest BCUT2D eigenvalue weighted by Crippen LogP contribution is 2.57. The van der Waals surface area contributed by atoms with Gasteiger partial charge in [-0.15, -0.1) is 0 Å². The molecule has 1 aliphatic heterocycles. The maximum atomic E-state index is 5.24. The molecule has 11 nitrogen and oxygen atoms in total. The molecule has 0 saturated heterocycles. The lowest BCUT2D eigenvalue weighted by Gasteiger charge is -2.41. The van der Waals surface area contributed by atoms with Crippen molar-refractivity contribution in [3.63, 3.8) is 0 Å². The van der Waals surface area contributed by atoms with E-state index in [2.05, 4.69) is 49.6 Å². The van der Waals surface area contributed by atoms with Gasteiger partial charge in [0.25, 0.3) is 0 Å². The molecule has 0 aliphatic carbocycles. The van der Waals surface area contributed by atoms with Gasteiger partial charge in [0, 0.05) is 52.7 Å². The molecule has 0 saturated carbocycles. The molecule has 0 bridgehead atoms. The van der Waals surface area contributed by atoms with Gasteiger partial charge in [0.15, 0.2) is 23.0 Å². The summed E-state index contributed by atoms with van der Waals surface area (Å²) in [5, 5.41) is 25.9. The molecule has 224 valence electrons. The van der Waals surface area contributed by atoms with E-state index in [1.807, 2.05) is 78.3 Å². The van der Waals surface area contributed by atoms with Crippen molar-refractivity contribution < 1.29 is 0 Å². The summed E-state index contributed by atoms with van der Waals surface area (Å²) < 4.78 is 4.91. The Hall–Kier alpha value is -6.40. The first-order valence-electron chi connectivity index (χ1n) is 14.8. The van der Waals surface area contributed by atoms with Crippen LogP contribution < -0.4 is 10.0 Å². The molecule has 1 aliphatic rings. The van der Waals surface area contributed by atoms with Crippen LogP contribution in [0.2, 0.25) is 0 Å². The lowest BCUT2D eigenvalue weighted by atomic mass is 9.81. The molecular formula is C35H23N11S. The zero-order valence-corrected chi connectivity index (χ0v) is 25.4. The van der Waals surface area contributed by atoms with E-state index in [-0.39, 0.29) is 0 Å². The van der Waals surface area contributed by atoms with Crippen molar-refractivity contribution in [2.24, 2.45) is 0 Å². The molecule has 1 N–H and O–H groups in total. The molecule has 9 rings (SSSR count). The summed E-state index contributed by atoms with van der Waals surface area (Å²) in [7, 11) is 0. The maximum Gasteiger partial charge on any atom is 0.193 e. The van der Waals surface area contributed by atoms with Gasteiger partial charge in [-0.2, -0.15) is 19.7 Å². The van der Waals surface area contributed by atoms with E-state index in [9.17, 15) is 0 Å². The smallest absolute Gasteiger partial charge is 0.193 e. The minimum Gasteiger partial charge on any atom is -0.279 e. The number of benzene rings is 2. The van der Waals surface area contributed by atoms with Crippen LogP contribution in [-0.2, 0) is 5.54 Å². The van der Waals surface area contributed by atoms with E-state index < -0.39 is 5.54 Å². The van der Waals surface area contributed by atoms with Gasteiger partial charge in [0.1, 0.15) is 5.70 Å². The fourth-order valence-corrected chi connectivity index (χ4v) is 6.89. The van der Waals surface area contributed by atoms with Crippen LogP contribution in [0.3, 0.4) is 0 Å². The number of aromatic amines is 1. The monoisotopic (exact) mass is 629 g/mol. The minimum absolute atomic E-state index is 0.471. The highest BCUT2D eigenvalue weighted by Gasteiger charge is 2.60. The van der Waals surface area contributed by atoms with Crippen LogP contribution in [0.5, 0.6) is 0 Å². The molecule has 47 heavy (non-hydrogen) atoms. The van der Waals surface area contributed by atoms with Crippen molar-refractivity contribution in [3.05, 3.63) is 156 Å². The summed E-state index contributed by atoms with van der Waals surface area (Å²) in [6.07, 6.45) is 8.68. The molecule has 0 radical (unpaired) electrons. The first-order valence-corrected chi connectivity index (χ1v) is 15.7. The number of anilines is 2. The Bertz CT molecular complexity index is 2380. The van der Waals surface area contributed by atoms with Gasteiger partial charge in [-0.3, -0.25) is 10.1 Å². The Morgan fingerprint density at radius 1 is 0.681 bits per heavy atom. The Morgan fingerprint density at radius 2 is 1.55 bits per heavy atom. The van der Waals surface area contributed by atoms with E-state index in [0.717, 1.165) is 38.6 Å². The fraction of sp³-hybridized carbons (Fsp3) is 0.0286. The van der Waals surface area contributed by atoms with Gasteiger partial charge < -0.3 is 0 Å². The van der Waals surface area contributed by atoms with E-state index in [1.54, 1.807) is 30.9 Å². The third kappa shape index (κ3) is 4.12. The molecule has 6 aromatic heterocycles. The quantitative estimate of drug-likeness (QED) is 0.224. The molecular weight excluding hydrogens is 607 g/mol. The minimum atomic E-state index is -1.29. The second-order valence-corrected chi connectivity index (χ2v) is 11.5. The number of fused-ring (bicyclic) bond motifs is 2. The van der Waals surface area contributed by atoms with E-state index in [4.69, 9.17) is 29.4 Å². The molecule has 1 atom stereocenters. The Morgan fingerprint density at radius 3 is 2.36 bits per heavy atom. The largest absolute Gasteiger partial charge is 0.279 e. The number of hydrazine groups is 1. The number of para-hydroxylation sites is 1. The number of hydrogen-bond acceptors (Lipinski definition) is 11. The normalized spacial score (nSPS) is 16.4. The standard InChI is InChI=1S/C35H23N11S/c1-3-9-25-23(7-1)14-20-36-32(25)33-31(27-11-5-19-39-42-27)35(28-15-21-40-43-28,34-37-17-6-18-38-34)46(30-16-22-47-44-30)45(33)29-13-12-24-8-2-4-10-26(24)41-29/h1-22H,(H,40,43). The number of nitrogens with zero attached hydrogens (tertiary/aromatic N) is 10. The van der Waals surface area contributed by atoms with Crippen LogP contribution in [0, 0.1) is 0 Å². The lowest BCUT2D eigenvalue weighted by Crippen LogP contribution is -2.53. The number of hydrogen-bond donors (Lipinski definition) is 1. The van der Waals surface area contributed by atoms with Crippen molar-refractivity contribution in [1.82, 2.24) is 44.7 Å². The molecule has 12 heteroatoms. The molecule has 1 unspecified atom stereocenters. The highest BCUT2D eigenvalue weighted by atomic mass is 32.1. The first-order chi connectivity index (χ1) is 23.3. The van der Waals surface area contributed by atoms with Crippen LogP contribution >= 0.6 is 11.5 Å². The van der Waals surface area contributed by atoms with Crippen LogP contribution in [0.15, 0.2) is 133 Å². The predicted molar refractivity (Wildman–Crippen MR) is 181 cm³/mol. The summed E-state index contributed by atoms with van der Waals surface area (Å²) >= 11 is 1.35. The fourth-order valence-electron chi connectivity index (χ4n) is 6.40. The van der Waals surface area contributed by atoms with Gasteiger partial charge >= 0.3 is 0 Å². The Kier molecular flexibility index (Phi) is 6.25. The van der Waals surface area contributed by atoms with Gasteiger partial charge in [-0.05, 0) is 71.5 Å². The molecule has 8 aromatic rings. The first kappa shape index (κ1) is 27.0. The van der Waals surface area contributed by atoms with E-state index in [1.165, 1.54) is 11.5 Å². The summed E-state index contributed by atoms with van der Waals surface area (Å²) in [5.74, 6) is 1.75. The van der Waals surface area contributed by atoms with E-state index in [0.29, 0.717) is 28.8 Å². The summed E-state index contributed by atoms with van der Waals surface area (Å²) in [6.45, 7) is 0. The number of aromatic nitrogens is 9. The van der Waals surface area contributed by atoms with Crippen molar-refractivity contribution in [2.75, 3.05) is 10.0 Å². The van der Waals surface area contributed by atoms with Crippen molar-refractivity contribution in [1.29, 1.82) is 0 Å². The zero-order valence-electron chi connectivity index (χ0n) is 24.6. The predicted octanol–water partition coefficient (Wildman–Crippen LogP) is 6.30. The summed E-state index contributed by atoms with van der Waals surface area (Å²) in [6, 6.07) is 31.9. The molecule has 2 aromatic carbocycles. The Labute approximate surface area is 272 Å². The highest BCUT2D eigenvalue weighted by molar-refractivity contribution is 7.03. The molecule has 0 spiro atoms. The van der Waals surface area contributed by atoms with Crippen LogP contribution in [0.1, 0.15) is 22.9 Å². The number of pyridine rings is 2. The third-order valence-corrected chi connectivity index (χ3v) is 8.83. The van der Waals surface area contributed by atoms with Gasteiger partial charge in [0.2, 0.25) is 0 Å². The number of nitrogens with one attached hydrogen (secondary N) is 1. The van der Waals surface area contributed by atoms with Gasteiger partial charge in [-0.1, -0.05) is 42.5 Å². The van der Waals surface area contributed by atoms with Crippen LogP contribution in [0.4, 0.5) is 11.6 Å². The maximum absolute atomic E-state index is 5.24. The van der Waals surface area contributed by atoms with Gasteiger partial charge in [0.05, 0.1) is 22.6 Å².